The molecule has 3 aliphatic heterocycles. The molecule has 0 bridgehead atoms. The van der Waals surface area contributed by atoms with Crippen molar-refractivity contribution in [3.63, 3.8) is 0 Å². The lowest BCUT2D eigenvalue weighted by atomic mass is 9.71. The second-order valence-corrected chi connectivity index (χ2v) is 11.4. The van der Waals surface area contributed by atoms with Crippen molar-refractivity contribution >= 4 is 16.0 Å². The van der Waals surface area contributed by atoms with Crippen LogP contribution in [0.15, 0.2) is 41.5 Å². The van der Waals surface area contributed by atoms with E-state index in [4.69, 9.17) is 20.2 Å². The number of fused-ring (bicyclic) bond motifs is 4. The Balaban J connectivity index is 1.42. The van der Waals surface area contributed by atoms with Crippen molar-refractivity contribution < 1.29 is 22.3 Å². The summed E-state index contributed by atoms with van der Waals surface area (Å²) in [5, 5.41) is 0. The van der Waals surface area contributed by atoms with E-state index >= 15 is 0 Å². The first kappa shape index (κ1) is 20.9. The Morgan fingerprint density at radius 2 is 2.09 bits per heavy atom. The van der Waals surface area contributed by atoms with E-state index in [1.165, 1.54) is 6.20 Å². The third-order valence-electron chi connectivity index (χ3n) is 7.21. The summed E-state index contributed by atoms with van der Waals surface area (Å²) in [6.07, 6.45) is 3.69. The normalized spacial score (nSPS) is 29.1. The zero-order chi connectivity index (χ0) is 22.8. The van der Waals surface area contributed by atoms with Crippen molar-refractivity contribution in [2.45, 2.75) is 30.9 Å². The fourth-order valence-electron chi connectivity index (χ4n) is 5.32. The van der Waals surface area contributed by atoms with Crippen LogP contribution in [0.3, 0.4) is 0 Å². The third kappa shape index (κ3) is 3.47. The average molecular weight is 473 g/mol. The quantitative estimate of drug-likeness (QED) is 0.684. The largest absolute Gasteiger partial charge is 0.490 e. The molecule has 3 atom stereocenters. The van der Waals surface area contributed by atoms with Crippen LogP contribution in [0, 0.1) is 17.8 Å². The highest BCUT2D eigenvalue weighted by molar-refractivity contribution is 7.89. The van der Waals surface area contributed by atoms with Gasteiger partial charge in [-0.1, -0.05) is 6.07 Å². The molecule has 1 unspecified atom stereocenters. The average Bonchev–Trinajstić information content (AvgIpc) is 3.52. The van der Waals surface area contributed by atoms with Gasteiger partial charge in [0, 0.05) is 36.3 Å². The molecule has 1 saturated carbocycles. The number of rotatable bonds is 4. The van der Waals surface area contributed by atoms with E-state index in [1.807, 2.05) is 12.1 Å². The molecule has 1 spiro atoms. The van der Waals surface area contributed by atoms with Crippen molar-refractivity contribution in [3.8, 4) is 16.9 Å². The topological polar surface area (TPSA) is 107 Å². The van der Waals surface area contributed by atoms with Gasteiger partial charge in [-0.15, -0.1) is 0 Å². The van der Waals surface area contributed by atoms with E-state index in [0.29, 0.717) is 29.8 Å². The Morgan fingerprint density at radius 1 is 1.24 bits per heavy atom. The van der Waals surface area contributed by atoms with Crippen molar-refractivity contribution in [3.05, 3.63) is 48.0 Å². The Kier molecular flexibility index (Phi) is 4.67. The maximum atomic E-state index is 14.4. The Labute approximate surface area is 191 Å². The van der Waals surface area contributed by atoms with Crippen molar-refractivity contribution in [1.29, 1.82) is 0 Å². The van der Waals surface area contributed by atoms with Crippen LogP contribution in [-0.2, 0) is 20.3 Å². The smallest absolute Gasteiger partial charge is 0.283 e. The van der Waals surface area contributed by atoms with Crippen LogP contribution < -0.4 is 10.5 Å². The molecule has 4 heterocycles. The summed E-state index contributed by atoms with van der Waals surface area (Å²) < 4.78 is 54.1. The SMILES string of the molecule is NC1=N[C@@]2(CO1)c1cc(-c3cccnc3F)ccc1OC1CCN(S(=O)(=O)CC3CC3)C[C@@H]12. The molecule has 1 saturated heterocycles. The van der Waals surface area contributed by atoms with Gasteiger partial charge in [-0.3, -0.25) is 0 Å². The summed E-state index contributed by atoms with van der Waals surface area (Å²) in [6.45, 7) is 0.886. The van der Waals surface area contributed by atoms with E-state index in [2.05, 4.69) is 4.98 Å². The molecule has 33 heavy (non-hydrogen) atoms. The number of aliphatic imine (C=N–C) groups is 1. The van der Waals surface area contributed by atoms with E-state index in [-0.39, 0.29) is 42.9 Å². The summed E-state index contributed by atoms with van der Waals surface area (Å²) in [4.78, 5) is 8.47. The van der Waals surface area contributed by atoms with Gasteiger partial charge in [-0.25, -0.2) is 22.7 Å². The van der Waals surface area contributed by atoms with Gasteiger partial charge in [-0.2, -0.15) is 4.39 Å². The molecule has 8 nitrogen and oxygen atoms in total. The fraction of sp³-hybridized carbons (Fsp3) is 0.478. The van der Waals surface area contributed by atoms with Gasteiger partial charge in [0.2, 0.25) is 16.0 Å². The molecule has 1 aliphatic carbocycles. The zero-order valence-corrected chi connectivity index (χ0v) is 18.8. The maximum absolute atomic E-state index is 14.4. The first-order valence-electron chi connectivity index (χ1n) is 11.2. The Hall–Kier alpha value is -2.72. The third-order valence-corrected chi connectivity index (χ3v) is 9.22. The number of hydrogen-bond donors (Lipinski definition) is 1. The van der Waals surface area contributed by atoms with Gasteiger partial charge >= 0.3 is 0 Å². The number of halogens is 1. The summed E-state index contributed by atoms with van der Waals surface area (Å²) in [5.41, 5.74) is 6.80. The molecule has 174 valence electrons. The van der Waals surface area contributed by atoms with Gasteiger partial charge in [0.15, 0.2) is 0 Å². The number of amidine groups is 1. The molecule has 1 aromatic heterocycles. The van der Waals surface area contributed by atoms with Gasteiger partial charge < -0.3 is 15.2 Å². The highest BCUT2D eigenvalue weighted by Crippen LogP contribution is 2.51. The lowest BCUT2D eigenvalue weighted by Crippen LogP contribution is -2.58. The molecule has 1 aromatic carbocycles. The van der Waals surface area contributed by atoms with E-state index < -0.39 is 21.5 Å². The highest BCUT2D eigenvalue weighted by Gasteiger charge is 2.56. The van der Waals surface area contributed by atoms with Crippen LogP contribution in [0.2, 0.25) is 0 Å². The first-order chi connectivity index (χ1) is 15.9. The van der Waals surface area contributed by atoms with E-state index in [9.17, 15) is 12.8 Å². The molecule has 6 rings (SSSR count). The highest BCUT2D eigenvalue weighted by atomic mass is 32.2. The predicted molar refractivity (Wildman–Crippen MR) is 119 cm³/mol. The molecule has 2 N–H and O–H groups in total. The number of sulfonamides is 1. The second-order valence-electron chi connectivity index (χ2n) is 9.35. The number of hydrogen-bond acceptors (Lipinski definition) is 7. The number of aromatic nitrogens is 1. The lowest BCUT2D eigenvalue weighted by molar-refractivity contribution is -0.00348. The van der Waals surface area contributed by atoms with Crippen LogP contribution in [0.5, 0.6) is 5.75 Å². The fourth-order valence-corrected chi connectivity index (χ4v) is 7.23. The molecular formula is C23H25FN4O4S. The maximum Gasteiger partial charge on any atom is 0.283 e. The summed E-state index contributed by atoms with van der Waals surface area (Å²) >= 11 is 0. The zero-order valence-electron chi connectivity index (χ0n) is 18.0. The van der Waals surface area contributed by atoms with E-state index in [0.717, 1.165) is 18.4 Å². The number of piperidine rings is 1. The second kappa shape index (κ2) is 7.39. The van der Waals surface area contributed by atoms with Crippen molar-refractivity contribution in [1.82, 2.24) is 9.29 Å². The molecule has 10 heteroatoms. The number of nitrogens with two attached hydrogens (primary N) is 1. The van der Waals surface area contributed by atoms with Gasteiger partial charge in [0.1, 0.15) is 24.0 Å². The van der Waals surface area contributed by atoms with Gasteiger partial charge in [-0.05, 0) is 55.0 Å². The summed E-state index contributed by atoms with van der Waals surface area (Å²) in [5.74, 6) is 0.261. The summed E-state index contributed by atoms with van der Waals surface area (Å²) in [7, 11) is -3.37. The minimum absolute atomic E-state index is 0.0672. The number of benzene rings is 1. The number of ether oxygens (including phenoxy) is 2. The predicted octanol–water partition coefficient (Wildman–Crippen LogP) is 2.25. The van der Waals surface area contributed by atoms with Gasteiger partial charge in [0.05, 0.1) is 5.75 Å². The van der Waals surface area contributed by atoms with E-state index in [1.54, 1.807) is 22.5 Å². The molecule has 0 radical (unpaired) electrons. The van der Waals surface area contributed by atoms with Gasteiger partial charge in [0.25, 0.3) is 6.02 Å². The minimum atomic E-state index is -3.37. The molecule has 2 aromatic rings. The van der Waals surface area contributed by atoms with Crippen LogP contribution in [0.4, 0.5) is 4.39 Å². The summed E-state index contributed by atoms with van der Waals surface area (Å²) in [6, 6.07) is 8.87. The number of nitrogens with zero attached hydrogens (tertiary/aromatic N) is 3. The van der Waals surface area contributed by atoms with Crippen LogP contribution in [0.25, 0.3) is 11.1 Å². The first-order valence-corrected chi connectivity index (χ1v) is 12.8. The molecule has 4 aliphatic rings. The van der Waals surface area contributed by atoms with Crippen LogP contribution in [0.1, 0.15) is 24.8 Å². The Morgan fingerprint density at radius 3 is 2.82 bits per heavy atom. The molecular weight excluding hydrogens is 447 g/mol. The standard InChI is InChI=1S/C23H25FN4O4S/c24-21-16(2-1-8-26-21)15-5-6-19-17(10-15)23(13-31-22(25)27-23)18-11-28(9-7-20(18)32-19)33(29,30)12-14-3-4-14/h1-2,5-6,8,10,14,18,20H,3-4,7,9,11-13H2,(H2,25,27)/t18-,20?,23-/m0/s1. The molecule has 2 fully saturated rings. The Bertz CT molecular complexity index is 1250. The van der Waals surface area contributed by atoms with Crippen molar-refractivity contribution in [2.24, 2.45) is 22.6 Å². The lowest BCUT2D eigenvalue weighted by Gasteiger charge is -2.48. The monoisotopic (exact) mass is 472 g/mol. The minimum Gasteiger partial charge on any atom is -0.490 e. The molecule has 0 amide bonds. The van der Waals surface area contributed by atoms with Crippen molar-refractivity contribution in [2.75, 3.05) is 25.4 Å². The number of pyridine rings is 1. The van der Waals surface area contributed by atoms with Crippen LogP contribution in [-0.4, -0.2) is 55.3 Å². The van der Waals surface area contributed by atoms with Crippen LogP contribution >= 0.6 is 0 Å².